The maximum atomic E-state index is 12.6. The number of carboxylic acid groups (broad SMARTS) is 1. The van der Waals surface area contributed by atoms with Gasteiger partial charge in [0.2, 0.25) is 4.96 Å². The molecule has 4 aromatic rings. The molecule has 0 saturated heterocycles. The minimum Gasteiger partial charge on any atom is -0.478 e. The van der Waals surface area contributed by atoms with Gasteiger partial charge in [0.25, 0.3) is 0 Å². The molecule has 3 aromatic heterocycles. The fourth-order valence-electron chi connectivity index (χ4n) is 2.34. The third-order valence-corrected chi connectivity index (χ3v) is 5.32. The second-order valence-electron chi connectivity index (χ2n) is 5.19. The zero-order valence-corrected chi connectivity index (χ0v) is 14.7. The van der Waals surface area contributed by atoms with Crippen molar-refractivity contribution in [2.75, 3.05) is 0 Å². The first-order valence-corrected chi connectivity index (χ1v) is 9.14. The van der Waals surface area contributed by atoms with Gasteiger partial charge in [0.05, 0.1) is 5.56 Å². The van der Waals surface area contributed by atoms with Crippen LogP contribution in [0.4, 0.5) is 0 Å². The predicted octanol–water partition coefficient (Wildman–Crippen LogP) is 3.14. The van der Waals surface area contributed by atoms with Gasteiger partial charge in [-0.05, 0) is 29.7 Å². The molecule has 0 radical (unpaired) electrons. The maximum Gasteiger partial charge on any atom is 0.336 e. The first-order chi connectivity index (χ1) is 12.6. The Morgan fingerprint density at radius 1 is 1.12 bits per heavy atom. The first kappa shape index (κ1) is 16.3. The van der Waals surface area contributed by atoms with Gasteiger partial charge in [0.15, 0.2) is 5.69 Å². The summed E-state index contributed by atoms with van der Waals surface area (Å²) in [7, 11) is 0. The van der Waals surface area contributed by atoms with Crippen LogP contribution in [0.1, 0.15) is 20.9 Å². The van der Waals surface area contributed by atoms with E-state index in [4.69, 9.17) is 0 Å². The Morgan fingerprint density at radius 2 is 1.96 bits per heavy atom. The quantitative estimate of drug-likeness (QED) is 0.582. The van der Waals surface area contributed by atoms with E-state index in [1.54, 1.807) is 41.7 Å². The third kappa shape index (κ3) is 2.93. The van der Waals surface area contributed by atoms with E-state index < -0.39 is 11.5 Å². The number of hydrogen-bond donors (Lipinski definition) is 1. The van der Waals surface area contributed by atoms with Crippen LogP contribution in [0.15, 0.2) is 46.6 Å². The lowest BCUT2D eigenvalue weighted by Gasteiger charge is -2.00. The Kier molecular flexibility index (Phi) is 4.15. The second-order valence-corrected chi connectivity index (χ2v) is 7.13. The second kappa shape index (κ2) is 6.62. The zero-order valence-electron chi connectivity index (χ0n) is 13.1. The molecule has 0 saturated carbocycles. The molecule has 9 heteroatoms. The van der Waals surface area contributed by atoms with Crippen molar-refractivity contribution in [3.05, 3.63) is 68.3 Å². The highest BCUT2D eigenvalue weighted by Gasteiger charge is 2.17. The number of aromatic nitrogens is 4. The highest BCUT2D eigenvalue weighted by molar-refractivity contribution is 7.19. The smallest absolute Gasteiger partial charge is 0.336 e. The summed E-state index contributed by atoms with van der Waals surface area (Å²) < 4.78 is 1.15. The summed E-state index contributed by atoms with van der Waals surface area (Å²) in [6, 6.07) is 10.3. The fourth-order valence-corrected chi connectivity index (χ4v) is 3.84. The van der Waals surface area contributed by atoms with Crippen LogP contribution in [0.25, 0.3) is 27.7 Å². The van der Waals surface area contributed by atoms with Crippen molar-refractivity contribution in [3.63, 3.8) is 0 Å². The van der Waals surface area contributed by atoms with Gasteiger partial charge in [-0.1, -0.05) is 35.6 Å². The lowest BCUT2D eigenvalue weighted by atomic mass is 10.1. The summed E-state index contributed by atoms with van der Waals surface area (Å²) in [5.41, 5.74) is 0.313. The molecular formula is C17H10N4O3S2. The number of carbonyl (C=O) groups is 1. The largest absolute Gasteiger partial charge is 0.478 e. The van der Waals surface area contributed by atoms with Gasteiger partial charge in [-0.25, -0.2) is 4.79 Å². The SMILES string of the molecule is O=C(O)c1ccccc1-c1nn2c(=O)c(/C=C/c3cccs3)nnc2s1. The van der Waals surface area contributed by atoms with Crippen molar-refractivity contribution in [3.8, 4) is 10.6 Å². The molecule has 0 aliphatic carbocycles. The van der Waals surface area contributed by atoms with Crippen molar-refractivity contribution in [1.82, 2.24) is 19.8 Å². The molecule has 1 aromatic carbocycles. The normalized spacial score (nSPS) is 11.4. The number of benzene rings is 1. The molecule has 0 aliphatic rings. The van der Waals surface area contributed by atoms with Gasteiger partial charge >= 0.3 is 11.5 Å². The van der Waals surface area contributed by atoms with Gasteiger partial charge in [0.1, 0.15) is 5.01 Å². The topological polar surface area (TPSA) is 97.4 Å². The zero-order chi connectivity index (χ0) is 18.1. The average Bonchev–Trinajstić information content (AvgIpc) is 3.31. The van der Waals surface area contributed by atoms with Crippen molar-refractivity contribution in [1.29, 1.82) is 0 Å². The maximum absolute atomic E-state index is 12.6. The van der Waals surface area contributed by atoms with Crippen molar-refractivity contribution in [2.24, 2.45) is 0 Å². The van der Waals surface area contributed by atoms with Crippen LogP contribution < -0.4 is 5.56 Å². The number of carboxylic acids is 1. The van der Waals surface area contributed by atoms with E-state index in [1.807, 2.05) is 17.5 Å². The lowest BCUT2D eigenvalue weighted by Crippen LogP contribution is -2.19. The van der Waals surface area contributed by atoms with Crippen molar-refractivity contribution >= 4 is 45.8 Å². The Labute approximate surface area is 154 Å². The monoisotopic (exact) mass is 382 g/mol. The summed E-state index contributed by atoms with van der Waals surface area (Å²) >= 11 is 2.66. The molecule has 0 fully saturated rings. The minimum absolute atomic E-state index is 0.116. The Bertz CT molecular complexity index is 1190. The van der Waals surface area contributed by atoms with E-state index in [2.05, 4.69) is 15.3 Å². The Balaban J connectivity index is 1.81. The standard InChI is InChI=1S/C17H10N4O3S2/c22-15-13(8-7-10-4-3-9-25-10)18-19-17-21(15)20-14(26-17)11-5-1-2-6-12(11)16(23)24/h1-9H,(H,23,24)/b8-7+. The van der Waals surface area contributed by atoms with E-state index in [0.717, 1.165) is 20.7 Å². The van der Waals surface area contributed by atoms with E-state index >= 15 is 0 Å². The highest BCUT2D eigenvalue weighted by Crippen LogP contribution is 2.27. The van der Waals surface area contributed by atoms with E-state index in [1.165, 1.54) is 6.07 Å². The van der Waals surface area contributed by atoms with Crippen LogP contribution in [0.5, 0.6) is 0 Å². The van der Waals surface area contributed by atoms with Crippen molar-refractivity contribution in [2.45, 2.75) is 0 Å². The van der Waals surface area contributed by atoms with Gasteiger partial charge in [-0.2, -0.15) is 9.61 Å². The van der Waals surface area contributed by atoms with Crippen LogP contribution in [0, 0.1) is 0 Å². The summed E-state index contributed by atoms with van der Waals surface area (Å²) in [6.45, 7) is 0. The van der Waals surface area contributed by atoms with Crippen LogP contribution in [0.3, 0.4) is 0 Å². The number of thiophene rings is 1. The summed E-state index contributed by atoms with van der Waals surface area (Å²) in [5, 5.41) is 23.9. The molecule has 0 bridgehead atoms. The average molecular weight is 382 g/mol. The number of fused-ring (bicyclic) bond motifs is 1. The number of aromatic carboxylic acids is 1. The van der Waals surface area contributed by atoms with Gasteiger partial charge in [0, 0.05) is 10.4 Å². The molecule has 7 nitrogen and oxygen atoms in total. The number of rotatable bonds is 4. The van der Waals surface area contributed by atoms with Gasteiger partial charge < -0.3 is 5.11 Å². The highest BCUT2D eigenvalue weighted by atomic mass is 32.1. The number of hydrogen-bond acceptors (Lipinski definition) is 7. The van der Waals surface area contributed by atoms with Crippen LogP contribution in [-0.4, -0.2) is 30.9 Å². The molecule has 0 unspecified atom stereocenters. The van der Waals surface area contributed by atoms with E-state index in [9.17, 15) is 14.7 Å². The summed E-state index contributed by atoms with van der Waals surface area (Å²) in [6.07, 6.45) is 3.38. The molecule has 128 valence electrons. The Hall–Kier alpha value is -3.17. The van der Waals surface area contributed by atoms with E-state index in [0.29, 0.717) is 15.5 Å². The fraction of sp³-hybridized carbons (Fsp3) is 0. The molecule has 0 spiro atoms. The van der Waals surface area contributed by atoms with Crippen LogP contribution in [0.2, 0.25) is 0 Å². The molecule has 3 heterocycles. The van der Waals surface area contributed by atoms with Gasteiger partial charge in [-0.15, -0.1) is 21.5 Å². The lowest BCUT2D eigenvalue weighted by molar-refractivity contribution is 0.0697. The molecule has 0 amide bonds. The first-order valence-electron chi connectivity index (χ1n) is 7.44. The van der Waals surface area contributed by atoms with E-state index in [-0.39, 0.29) is 11.3 Å². The third-order valence-electron chi connectivity index (χ3n) is 3.55. The molecule has 0 atom stereocenters. The molecule has 1 N–H and O–H groups in total. The van der Waals surface area contributed by atoms with Crippen LogP contribution in [-0.2, 0) is 0 Å². The summed E-state index contributed by atoms with van der Waals surface area (Å²) in [5.74, 6) is -1.06. The Morgan fingerprint density at radius 3 is 2.73 bits per heavy atom. The number of nitrogens with zero attached hydrogens (tertiary/aromatic N) is 4. The van der Waals surface area contributed by atoms with Crippen LogP contribution >= 0.6 is 22.7 Å². The predicted molar refractivity (Wildman–Crippen MR) is 101 cm³/mol. The molecule has 0 aliphatic heterocycles. The molecular weight excluding hydrogens is 372 g/mol. The minimum atomic E-state index is -1.06. The molecule has 4 rings (SSSR count). The van der Waals surface area contributed by atoms with Gasteiger partial charge in [-0.3, -0.25) is 4.79 Å². The molecule has 26 heavy (non-hydrogen) atoms. The summed E-state index contributed by atoms with van der Waals surface area (Å²) in [4.78, 5) is 25.3. The van der Waals surface area contributed by atoms with Crippen molar-refractivity contribution < 1.29 is 9.90 Å².